The first-order valence-corrected chi connectivity index (χ1v) is 5.98. The van der Waals surface area contributed by atoms with Crippen molar-refractivity contribution in [1.29, 1.82) is 0 Å². The molecule has 1 aromatic rings. The fourth-order valence-electron chi connectivity index (χ4n) is 1.80. The molecule has 1 unspecified atom stereocenters. The van der Waals surface area contributed by atoms with Crippen LogP contribution < -0.4 is 5.32 Å². The molecule has 0 aliphatic heterocycles. The van der Waals surface area contributed by atoms with Crippen LogP contribution in [0.25, 0.3) is 0 Å². The topological polar surface area (TPSA) is 29.9 Å². The summed E-state index contributed by atoms with van der Waals surface area (Å²) in [5.74, 6) is 0. The molecular formula is C12H23N3. The maximum absolute atomic E-state index is 4.36. The minimum absolute atomic E-state index is 0.679. The molecule has 0 aliphatic carbocycles. The van der Waals surface area contributed by atoms with Gasteiger partial charge in [-0.2, -0.15) is 5.10 Å². The fraction of sp³-hybridized carbons (Fsp3) is 0.750. The number of hydrogen-bond acceptors (Lipinski definition) is 2. The fourth-order valence-corrected chi connectivity index (χ4v) is 1.80. The Balaban J connectivity index is 2.20. The van der Waals surface area contributed by atoms with E-state index in [1.54, 1.807) is 0 Å². The van der Waals surface area contributed by atoms with Gasteiger partial charge >= 0.3 is 0 Å². The van der Waals surface area contributed by atoms with E-state index in [1.807, 2.05) is 17.9 Å². The van der Waals surface area contributed by atoms with Gasteiger partial charge in [0.15, 0.2) is 0 Å². The molecule has 1 N–H and O–H groups in total. The lowest BCUT2D eigenvalue weighted by atomic mass is 10.1. The summed E-state index contributed by atoms with van der Waals surface area (Å²) in [7, 11) is 1.96. The Labute approximate surface area is 92.9 Å². The maximum Gasteiger partial charge on any atom is 0.0637 e. The molecule has 0 amide bonds. The Hall–Kier alpha value is -0.830. The van der Waals surface area contributed by atoms with Crippen LogP contribution in [0.1, 0.15) is 38.8 Å². The lowest BCUT2D eigenvalue weighted by Crippen LogP contribution is -2.30. The Bertz CT molecular complexity index is 268. The highest BCUT2D eigenvalue weighted by Gasteiger charge is 2.03. The second-order valence-electron chi connectivity index (χ2n) is 4.08. The van der Waals surface area contributed by atoms with E-state index < -0.39 is 0 Å². The van der Waals surface area contributed by atoms with Gasteiger partial charge in [-0.1, -0.05) is 20.3 Å². The van der Waals surface area contributed by atoms with Crippen LogP contribution >= 0.6 is 0 Å². The average Bonchev–Trinajstić information content (AvgIpc) is 2.63. The number of aryl methyl sites for hydroxylation is 1. The molecule has 0 aromatic carbocycles. The van der Waals surface area contributed by atoms with Gasteiger partial charge in [0.1, 0.15) is 0 Å². The number of aromatic nitrogens is 2. The monoisotopic (exact) mass is 209 g/mol. The van der Waals surface area contributed by atoms with E-state index in [4.69, 9.17) is 0 Å². The summed E-state index contributed by atoms with van der Waals surface area (Å²) in [5.41, 5.74) is 1.18. The summed E-state index contributed by atoms with van der Waals surface area (Å²) in [5, 5.41) is 7.93. The number of rotatable bonds is 7. The van der Waals surface area contributed by atoms with E-state index in [-0.39, 0.29) is 0 Å². The van der Waals surface area contributed by atoms with Gasteiger partial charge in [-0.05, 0) is 18.9 Å². The van der Waals surface area contributed by atoms with E-state index in [9.17, 15) is 0 Å². The molecule has 1 heterocycles. The van der Waals surface area contributed by atoms with Crippen molar-refractivity contribution in [2.45, 2.75) is 45.6 Å². The van der Waals surface area contributed by atoms with Crippen molar-refractivity contribution in [3.05, 3.63) is 18.0 Å². The van der Waals surface area contributed by atoms with Gasteiger partial charge in [-0.3, -0.25) is 4.68 Å². The molecule has 3 nitrogen and oxygen atoms in total. The van der Waals surface area contributed by atoms with Crippen LogP contribution in [0.3, 0.4) is 0 Å². The van der Waals surface area contributed by atoms with Crippen molar-refractivity contribution in [1.82, 2.24) is 15.1 Å². The lowest BCUT2D eigenvalue weighted by Gasteiger charge is -2.15. The molecule has 0 bridgehead atoms. The summed E-state index contributed by atoms with van der Waals surface area (Å²) in [6, 6.07) is 2.77. The first kappa shape index (κ1) is 12.2. The van der Waals surface area contributed by atoms with E-state index >= 15 is 0 Å². The molecular weight excluding hydrogens is 186 g/mol. The van der Waals surface area contributed by atoms with Crippen LogP contribution in [0.2, 0.25) is 0 Å². The predicted octanol–water partition coefficient (Wildman–Crippen LogP) is 2.13. The van der Waals surface area contributed by atoms with E-state index in [0.29, 0.717) is 6.04 Å². The van der Waals surface area contributed by atoms with Crippen LogP contribution in [0.15, 0.2) is 12.3 Å². The third-order valence-electron chi connectivity index (χ3n) is 2.71. The van der Waals surface area contributed by atoms with Gasteiger partial charge in [-0.15, -0.1) is 0 Å². The highest BCUT2D eigenvalue weighted by atomic mass is 15.2. The molecule has 0 saturated carbocycles. The molecule has 0 aliphatic rings. The first-order valence-electron chi connectivity index (χ1n) is 5.98. The van der Waals surface area contributed by atoms with Crippen LogP contribution in [0.5, 0.6) is 0 Å². The Morgan fingerprint density at radius 2 is 2.27 bits per heavy atom. The Morgan fingerprint density at radius 1 is 1.47 bits per heavy atom. The van der Waals surface area contributed by atoms with Crippen molar-refractivity contribution in [3.63, 3.8) is 0 Å². The third kappa shape index (κ3) is 4.47. The predicted molar refractivity (Wildman–Crippen MR) is 63.9 cm³/mol. The third-order valence-corrected chi connectivity index (χ3v) is 2.71. The van der Waals surface area contributed by atoms with E-state index in [2.05, 4.69) is 30.3 Å². The number of nitrogens with zero attached hydrogens (tertiary/aromatic N) is 2. The summed E-state index contributed by atoms with van der Waals surface area (Å²) >= 11 is 0. The Kier molecular flexibility index (Phi) is 5.40. The van der Waals surface area contributed by atoms with Gasteiger partial charge in [-0.25, -0.2) is 0 Å². The van der Waals surface area contributed by atoms with E-state index in [0.717, 1.165) is 13.0 Å². The molecule has 0 radical (unpaired) electrons. The van der Waals surface area contributed by atoms with Gasteiger partial charge < -0.3 is 5.32 Å². The highest BCUT2D eigenvalue weighted by molar-refractivity contribution is 4.99. The summed E-state index contributed by atoms with van der Waals surface area (Å²) in [6.07, 6.45) is 6.78. The smallest absolute Gasteiger partial charge is 0.0637 e. The normalized spacial score (nSPS) is 13.0. The molecule has 1 atom stereocenters. The molecule has 3 heteroatoms. The van der Waals surface area contributed by atoms with Gasteiger partial charge in [0, 0.05) is 32.3 Å². The summed E-state index contributed by atoms with van der Waals surface area (Å²) in [6.45, 7) is 5.52. The van der Waals surface area contributed by atoms with Crippen molar-refractivity contribution >= 4 is 0 Å². The summed E-state index contributed by atoms with van der Waals surface area (Å²) < 4.78 is 1.86. The average molecular weight is 209 g/mol. The van der Waals surface area contributed by atoms with Gasteiger partial charge in [0.25, 0.3) is 0 Å². The van der Waals surface area contributed by atoms with Crippen LogP contribution in [0, 0.1) is 0 Å². The molecule has 1 rings (SSSR count). The van der Waals surface area contributed by atoms with Crippen LogP contribution in [-0.2, 0) is 13.5 Å². The zero-order chi connectivity index (χ0) is 11.1. The van der Waals surface area contributed by atoms with Crippen molar-refractivity contribution < 1.29 is 0 Å². The SMILES string of the molecule is CCCC(CC)NCCc1ccn(C)n1. The molecule has 0 spiro atoms. The van der Waals surface area contributed by atoms with Crippen molar-refractivity contribution in [2.24, 2.45) is 7.05 Å². The molecule has 1 aromatic heterocycles. The largest absolute Gasteiger partial charge is 0.314 e. The van der Waals surface area contributed by atoms with Crippen LogP contribution in [-0.4, -0.2) is 22.4 Å². The number of nitrogens with one attached hydrogen (secondary N) is 1. The maximum atomic E-state index is 4.36. The van der Waals surface area contributed by atoms with Crippen LogP contribution in [0.4, 0.5) is 0 Å². The van der Waals surface area contributed by atoms with E-state index in [1.165, 1.54) is 25.0 Å². The second-order valence-corrected chi connectivity index (χ2v) is 4.08. The molecule has 0 fully saturated rings. The van der Waals surface area contributed by atoms with Gasteiger partial charge in [0.2, 0.25) is 0 Å². The summed E-state index contributed by atoms with van der Waals surface area (Å²) in [4.78, 5) is 0. The zero-order valence-electron chi connectivity index (χ0n) is 10.2. The Morgan fingerprint density at radius 3 is 2.80 bits per heavy atom. The zero-order valence-corrected chi connectivity index (χ0v) is 10.2. The van der Waals surface area contributed by atoms with Crippen molar-refractivity contribution in [3.8, 4) is 0 Å². The quantitative estimate of drug-likeness (QED) is 0.745. The molecule has 86 valence electrons. The molecule has 0 saturated heterocycles. The minimum atomic E-state index is 0.679. The number of hydrogen-bond donors (Lipinski definition) is 1. The molecule has 15 heavy (non-hydrogen) atoms. The second kappa shape index (κ2) is 6.62. The standard InChI is InChI=1S/C12H23N3/c1-4-6-11(5-2)13-9-7-12-8-10-15(3)14-12/h8,10-11,13H,4-7,9H2,1-3H3. The van der Waals surface area contributed by atoms with Crippen molar-refractivity contribution in [2.75, 3.05) is 6.54 Å². The lowest BCUT2D eigenvalue weighted by molar-refractivity contribution is 0.465. The van der Waals surface area contributed by atoms with Gasteiger partial charge in [0.05, 0.1) is 5.69 Å². The minimum Gasteiger partial charge on any atom is -0.314 e. The highest BCUT2D eigenvalue weighted by Crippen LogP contribution is 2.01. The first-order chi connectivity index (χ1) is 7.26.